The Morgan fingerprint density at radius 1 is 1.33 bits per heavy atom. The molecule has 0 bridgehead atoms. The molecule has 24 heavy (non-hydrogen) atoms. The quantitative estimate of drug-likeness (QED) is 0.865. The van der Waals surface area contributed by atoms with E-state index in [0.29, 0.717) is 25.2 Å². The molecule has 0 aromatic carbocycles. The van der Waals surface area contributed by atoms with Gasteiger partial charge in [0, 0.05) is 25.7 Å². The molecule has 8 heteroatoms. The second kappa shape index (κ2) is 6.86. The zero-order valence-corrected chi connectivity index (χ0v) is 13.3. The number of aromatic nitrogens is 3. The number of carboxylic acids is 1. The normalized spacial score (nSPS) is 18.0. The summed E-state index contributed by atoms with van der Waals surface area (Å²) in [6.07, 6.45) is 4.11. The van der Waals surface area contributed by atoms with E-state index in [1.165, 1.54) is 9.08 Å². The summed E-state index contributed by atoms with van der Waals surface area (Å²) in [6.45, 7) is 1.10. The number of rotatable bonds is 5. The fraction of sp³-hybridized carbons (Fsp3) is 0.500. The summed E-state index contributed by atoms with van der Waals surface area (Å²) in [6, 6.07) is 5.23. The van der Waals surface area contributed by atoms with Crippen LogP contribution >= 0.6 is 0 Å². The molecule has 0 saturated carbocycles. The highest BCUT2D eigenvalue weighted by Crippen LogP contribution is 2.21. The van der Waals surface area contributed by atoms with Crippen LogP contribution in [0.1, 0.15) is 25.7 Å². The van der Waals surface area contributed by atoms with E-state index >= 15 is 0 Å². The lowest BCUT2D eigenvalue weighted by atomic mass is 9.93. The number of carbonyl (C=O) groups is 2. The van der Waals surface area contributed by atoms with E-state index in [4.69, 9.17) is 5.11 Å². The van der Waals surface area contributed by atoms with Crippen LogP contribution in [0.15, 0.2) is 29.2 Å². The molecule has 1 amide bonds. The molecule has 8 nitrogen and oxygen atoms in total. The minimum absolute atomic E-state index is 0.0911. The maximum atomic E-state index is 12.5. The second-order valence-corrected chi connectivity index (χ2v) is 6.15. The topological polar surface area (TPSA) is 96.9 Å². The zero-order chi connectivity index (χ0) is 17.1. The van der Waals surface area contributed by atoms with Crippen LogP contribution < -0.4 is 5.69 Å². The molecule has 1 fully saturated rings. The van der Waals surface area contributed by atoms with Crippen molar-refractivity contribution in [1.82, 2.24) is 19.1 Å². The lowest BCUT2D eigenvalue weighted by Gasteiger charge is -2.32. The van der Waals surface area contributed by atoms with E-state index in [1.807, 2.05) is 0 Å². The van der Waals surface area contributed by atoms with E-state index in [-0.39, 0.29) is 30.5 Å². The number of pyridine rings is 1. The maximum absolute atomic E-state index is 12.5. The first-order valence-electron chi connectivity index (χ1n) is 8.08. The molecule has 3 rings (SSSR count). The highest BCUT2D eigenvalue weighted by atomic mass is 16.4. The van der Waals surface area contributed by atoms with Crippen LogP contribution in [0, 0.1) is 5.92 Å². The Kier molecular flexibility index (Phi) is 4.64. The number of likely N-dealkylation sites (tertiary alicyclic amines) is 1. The Hall–Kier alpha value is -2.64. The number of carbonyl (C=O) groups excluding carboxylic acids is 1. The monoisotopic (exact) mass is 332 g/mol. The number of carboxylic acid groups (broad SMARTS) is 1. The van der Waals surface area contributed by atoms with Crippen molar-refractivity contribution in [2.45, 2.75) is 32.2 Å². The van der Waals surface area contributed by atoms with Crippen molar-refractivity contribution in [1.29, 1.82) is 0 Å². The van der Waals surface area contributed by atoms with Crippen molar-refractivity contribution in [2.24, 2.45) is 5.92 Å². The first kappa shape index (κ1) is 16.2. The van der Waals surface area contributed by atoms with Crippen LogP contribution in [-0.2, 0) is 16.1 Å². The number of amides is 1. The molecule has 1 atom stereocenters. The Morgan fingerprint density at radius 3 is 2.92 bits per heavy atom. The number of aliphatic carboxylic acids is 1. The lowest BCUT2D eigenvalue weighted by Crippen LogP contribution is -2.43. The van der Waals surface area contributed by atoms with Gasteiger partial charge in [-0.3, -0.25) is 14.0 Å². The predicted octanol–water partition coefficient (Wildman–Crippen LogP) is 0.599. The molecule has 1 aliphatic rings. The first-order valence-corrected chi connectivity index (χ1v) is 8.08. The Balaban J connectivity index is 1.66. The number of piperidine rings is 1. The van der Waals surface area contributed by atoms with Crippen LogP contribution in [0.5, 0.6) is 0 Å². The van der Waals surface area contributed by atoms with Crippen molar-refractivity contribution >= 4 is 17.5 Å². The van der Waals surface area contributed by atoms with Crippen molar-refractivity contribution < 1.29 is 14.7 Å². The van der Waals surface area contributed by atoms with Gasteiger partial charge in [-0.1, -0.05) is 6.07 Å². The van der Waals surface area contributed by atoms with Gasteiger partial charge in [0.1, 0.15) is 6.54 Å². The van der Waals surface area contributed by atoms with Gasteiger partial charge in [0.15, 0.2) is 5.65 Å². The Labute approximate surface area is 138 Å². The molecule has 0 radical (unpaired) electrons. The molecule has 2 aromatic heterocycles. The smallest absolute Gasteiger partial charge is 0.350 e. The number of hydrogen-bond donors (Lipinski definition) is 1. The van der Waals surface area contributed by atoms with Crippen molar-refractivity contribution in [3.05, 3.63) is 34.9 Å². The minimum atomic E-state index is -0.810. The first-order chi connectivity index (χ1) is 11.5. The van der Waals surface area contributed by atoms with Crippen molar-refractivity contribution in [3.8, 4) is 0 Å². The molecule has 1 aliphatic heterocycles. The molecule has 1 saturated heterocycles. The van der Waals surface area contributed by atoms with E-state index in [9.17, 15) is 14.4 Å². The van der Waals surface area contributed by atoms with Crippen molar-refractivity contribution in [3.63, 3.8) is 0 Å². The predicted molar refractivity (Wildman–Crippen MR) is 85.6 cm³/mol. The molecule has 3 heterocycles. The average Bonchev–Trinajstić information content (AvgIpc) is 2.89. The number of nitrogens with zero attached hydrogens (tertiary/aromatic N) is 4. The molecule has 0 aliphatic carbocycles. The van der Waals surface area contributed by atoms with Gasteiger partial charge in [-0.2, -0.15) is 0 Å². The maximum Gasteiger partial charge on any atom is 0.350 e. The van der Waals surface area contributed by atoms with Crippen molar-refractivity contribution in [2.75, 3.05) is 13.1 Å². The molecule has 1 unspecified atom stereocenters. The SMILES string of the molecule is O=C(O)CCC1CCCN(C(=O)Cn2nc3ccccn3c2=O)C1. The molecule has 0 spiro atoms. The summed E-state index contributed by atoms with van der Waals surface area (Å²) in [4.78, 5) is 37.1. The summed E-state index contributed by atoms with van der Waals surface area (Å²) >= 11 is 0. The van der Waals surface area contributed by atoms with Gasteiger partial charge in [-0.25, -0.2) is 9.48 Å². The van der Waals surface area contributed by atoms with Crippen LogP contribution in [0.3, 0.4) is 0 Å². The summed E-state index contributed by atoms with van der Waals surface area (Å²) in [7, 11) is 0. The summed E-state index contributed by atoms with van der Waals surface area (Å²) in [5.74, 6) is -0.758. The molecular formula is C16H20N4O4. The molecule has 1 N–H and O–H groups in total. The third-order valence-electron chi connectivity index (χ3n) is 4.41. The number of hydrogen-bond acceptors (Lipinski definition) is 4. The fourth-order valence-corrected chi connectivity index (χ4v) is 3.15. The summed E-state index contributed by atoms with van der Waals surface area (Å²) < 4.78 is 2.58. The lowest BCUT2D eigenvalue weighted by molar-refractivity contribution is -0.137. The molecule has 2 aromatic rings. The standard InChI is InChI=1S/C16H20N4O4/c21-14(18-8-3-4-12(10-18)6-7-15(22)23)11-20-16(24)19-9-2-1-5-13(19)17-20/h1-2,5,9,12H,3-4,6-8,10-11H2,(H,22,23). The zero-order valence-electron chi connectivity index (χ0n) is 13.3. The van der Waals surface area contributed by atoms with Gasteiger partial charge in [0.25, 0.3) is 0 Å². The van der Waals surface area contributed by atoms with E-state index in [1.54, 1.807) is 29.3 Å². The van der Waals surface area contributed by atoms with E-state index in [2.05, 4.69) is 5.10 Å². The Bertz CT molecular complexity index is 810. The fourth-order valence-electron chi connectivity index (χ4n) is 3.15. The molecular weight excluding hydrogens is 312 g/mol. The minimum Gasteiger partial charge on any atom is -0.481 e. The van der Waals surface area contributed by atoms with Gasteiger partial charge >= 0.3 is 11.7 Å². The summed E-state index contributed by atoms with van der Waals surface area (Å²) in [5, 5.41) is 13.0. The number of fused-ring (bicyclic) bond motifs is 1. The Morgan fingerprint density at radius 2 is 2.17 bits per heavy atom. The average molecular weight is 332 g/mol. The highest BCUT2D eigenvalue weighted by Gasteiger charge is 2.25. The largest absolute Gasteiger partial charge is 0.481 e. The highest BCUT2D eigenvalue weighted by molar-refractivity contribution is 5.76. The van der Waals surface area contributed by atoms with Gasteiger partial charge in [0.2, 0.25) is 5.91 Å². The van der Waals surface area contributed by atoms with Crippen LogP contribution in [0.4, 0.5) is 0 Å². The third-order valence-corrected chi connectivity index (χ3v) is 4.41. The van der Waals surface area contributed by atoms with Gasteiger partial charge in [0.05, 0.1) is 0 Å². The molecule has 128 valence electrons. The third kappa shape index (κ3) is 3.47. The van der Waals surface area contributed by atoms with E-state index < -0.39 is 5.97 Å². The van der Waals surface area contributed by atoms with Crippen LogP contribution in [0.25, 0.3) is 5.65 Å². The van der Waals surface area contributed by atoms with Gasteiger partial charge in [-0.15, -0.1) is 5.10 Å². The van der Waals surface area contributed by atoms with Crippen LogP contribution in [-0.4, -0.2) is 49.2 Å². The van der Waals surface area contributed by atoms with Gasteiger partial charge < -0.3 is 10.0 Å². The van der Waals surface area contributed by atoms with Gasteiger partial charge in [-0.05, 0) is 37.3 Å². The van der Waals surface area contributed by atoms with Crippen LogP contribution in [0.2, 0.25) is 0 Å². The van der Waals surface area contributed by atoms with E-state index in [0.717, 1.165) is 12.8 Å². The summed E-state index contributed by atoms with van der Waals surface area (Å²) in [5.41, 5.74) is 0.173. The second-order valence-electron chi connectivity index (χ2n) is 6.15.